The van der Waals surface area contributed by atoms with Crippen molar-refractivity contribution in [3.63, 3.8) is 0 Å². The monoisotopic (exact) mass is 336 g/mol. The summed E-state index contributed by atoms with van der Waals surface area (Å²) >= 11 is 2.21. The maximum atomic E-state index is 12.1. The van der Waals surface area contributed by atoms with Crippen LogP contribution in [0.25, 0.3) is 0 Å². The van der Waals surface area contributed by atoms with E-state index in [1.54, 1.807) is 0 Å². The fraction of sp³-hybridized carbons (Fsp3) is 0.923. The smallest absolute Gasteiger partial charge is 0.322 e. The molecule has 0 heterocycles. The van der Waals surface area contributed by atoms with Gasteiger partial charge in [-0.05, 0) is 57.8 Å². The summed E-state index contributed by atoms with van der Waals surface area (Å²) in [5, 5.41) is 0. The van der Waals surface area contributed by atoms with E-state index < -0.39 is 0 Å². The fourth-order valence-corrected chi connectivity index (χ4v) is 3.25. The van der Waals surface area contributed by atoms with E-state index in [1.165, 1.54) is 19.3 Å². The van der Waals surface area contributed by atoms with Crippen molar-refractivity contribution in [1.82, 2.24) is 0 Å². The molecule has 0 spiro atoms. The van der Waals surface area contributed by atoms with Crippen LogP contribution in [0.3, 0.4) is 0 Å². The molecule has 0 saturated heterocycles. The topological polar surface area (TPSA) is 26.3 Å². The lowest BCUT2D eigenvalue weighted by Gasteiger charge is -2.36. The van der Waals surface area contributed by atoms with Crippen molar-refractivity contribution in [2.75, 3.05) is 0 Å². The lowest BCUT2D eigenvalue weighted by atomic mass is 9.85. The number of halogens is 1. The van der Waals surface area contributed by atoms with E-state index in [4.69, 9.17) is 4.74 Å². The average molecular weight is 336 g/mol. The molecule has 0 aromatic heterocycles. The first-order chi connectivity index (χ1) is 7.37. The minimum Gasteiger partial charge on any atom is -0.458 e. The largest absolute Gasteiger partial charge is 0.458 e. The average Bonchev–Trinajstić information content (AvgIpc) is 2.76. The third kappa shape index (κ3) is 2.12. The number of esters is 1. The van der Waals surface area contributed by atoms with Crippen molar-refractivity contribution in [1.29, 1.82) is 0 Å². The van der Waals surface area contributed by atoms with E-state index in [0.717, 1.165) is 18.8 Å². The lowest BCUT2D eigenvalue weighted by molar-refractivity contribution is -0.165. The minimum absolute atomic E-state index is 0.0225. The Morgan fingerprint density at radius 2 is 2.25 bits per heavy atom. The van der Waals surface area contributed by atoms with Crippen LogP contribution >= 0.6 is 22.6 Å². The number of rotatable bonds is 3. The van der Waals surface area contributed by atoms with Crippen LogP contribution in [0.2, 0.25) is 0 Å². The zero-order valence-electron chi connectivity index (χ0n) is 10.4. The quantitative estimate of drug-likeness (QED) is 0.446. The molecule has 2 nitrogen and oxygen atoms in total. The van der Waals surface area contributed by atoms with Crippen LogP contribution in [-0.2, 0) is 9.53 Å². The molecule has 4 unspecified atom stereocenters. The van der Waals surface area contributed by atoms with E-state index in [-0.39, 0.29) is 15.0 Å². The predicted molar refractivity (Wildman–Crippen MR) is 72.7 cm³/mol. The van der Waals surface area contributed by atoms with Crippen molar-refractivity contribution in [2.24, 2.45) is 11.8 Å². The zero-order chi connectivity index (χ0) is 12.0. The second kappa shape index (κ2) is 4.14. The SMILES string of the molecule is CCC(C)(I)C(=O)OC1(C)CC2CCC1C2. The van der Waals surface area contributed by atoms with Gasteiger partial charge in [-0.15, -0.1) is 0 Å². The fourth-order valence-electron chi connectivity index (χ4n) is 3.14. The van der Waals surface area contributed by atoms with Gasteiger partial charge in [-0.3, -0.25) is 4.79 Å². The molecule has 2 aliphatic rings. The van der Waals surface area contributed by atoms with Gasteiger partial charge in [0.25, 0.3) is 0 Å². The highest BCUT2D eigenvalue weighted by molar-refractivity contribution is 14.1. The second-order valence-corrected chi connectivity index (χ2v) is 8.21. The summed E-state index contributed by atoms with van der Waals surface area (Å²) in [5.74, 6) is 1.40. The Kier molecular flexibility index (Phi) is 3.28. The van der Waals surface area contributed by atoms with E-state index in [2.05, 4.69) is 29.5 Å². The molecule has 0 aliphatic heterocycles. The molecule has 0 N–H and O–H groups in total. The van der Waals surface area contributed by atoms with Crippen molar-refractivity contribution < 1.29 is 9.53 Å². The molecule has 92 valence electrons. The van der Waals surface area contributed by atoms with Gasteiger partial charge in [0.1, 0.15) is 9.02 Å². The van der Waals surface area contributed by atoms with Gasteiger partial charge in [0, 0.05) is 0 Å². The van der Waals surface area contributed by atoms with Crippen molar-refractivity contribution in [3.05, 3.63) is 0 Å². The van der Waals surface area contributed by atoms with Gasteiger partial charge in [-0.2, -0.15) is 0 Å². The van der Waals surface area contributed by atoms with Crippen LogP contribution in [-0.4, -0.2) is 15.0 Å². The normalized spacial score (nSPS) is 40.8. The lowest BCUT2D eigenvalue weighted by Crippen LogP contribution is -2.42. The molecule has 2 rings (SSSR count). The molecule has 2 saturated carbocycles. The molecule has 2 fully saturated rings. The third-order valence-electron chi connectivity index (χ3n) is 4.51. The van der Waals surface area contributed by atoms with Crippen LogP contribution < -0.4 is 0 Å². The summed E-state index contributed by atoms with van der Waals surface area (Å²) in [6.45, 7) is 6.14. The molecular weight excluding hydrogens is 315 g/mol. The second-order valence-electron chi connectivity index (χ2n) is 5.83. The van der Waals surface area contributed by atoms with Gasteiger partial charge in [0.15, 0.2) is 0 Å². The van der Waals surface area contributed by atoms with Gasteiger partial charge >= 0.3 is 5.97 Å². The number of hydrogen-bond acceptors (Lipinski definition) is 2. The number of fused-ring (bicyclic) bond motifs is 2. The first-order valence-corrected chi connectivity index (χ1v) is 7.37. The Bertz CT molecular complexity index is 300. The van der Waals surface area contributed by atoms with Crippen LogP contribution in [0.1, 0.15) is 52.9 Å². The van der Waals surface area contributed by atoms with E-state index >= 15 is 0 Å². The third-order valence-corrected chi connectivity index (χ3v) is 5.72. The highest BCUT2D eigenvalue weighted by Crippen LogP contribution is 2.52. The maximum Gasteiger partial charge on any atom is 0.322 e. The number of carbonyl (C=O) groups is 1. The Labute approximate surface area is 112 Å². The molecule has 2 bridgehead atoms. The molecule has 2 aliphatic carbocycles. The van der Waals surface area contributed by atoms with E-state index in [1.807, 2.05) is 13.8 Å². The minimum atomic E-state index is -0.359. The molecule has 3 heteroatoms. The Morgan fingerprint density at radius 1 is 1.56 bits per heavy atom. The summed E-state index contributed by atoms with van der Waals surface area (Å²) in [7, 11) is 0. The standard InChI is InChI=1S/C13H21IO2/c1-4-12(2,14)11(15)16-13(3)8-9-5-6-10(13)7-9/h9-10H,4-8H2,1-3H3. The van der Waals surface area contributed by atoms with Gasteiger partial charge in [0.2, 0.25) is 0 Å². The first-order valence-electron chi connectivity index (χ1n) is 6.30. The van der Waals surface area contributed by atoms with Crippen LogP contribution in [0.15, 0.2) is 0 Å². The highest BCUT2D eigenvalue weighted by atomic mass is 127. The van der Waals surface area contributed by atoms with E-state index in [0.29, 0.717) is 5.92 Å². The summed E-state index contributed by atoms with van der Waals surface area (Å²) in [6.07, 6.45) is 5.77. The molecule has 16 heavy (non-hydrogen) atoms. The highest BCUT2D eigenvalue weighted by Gasteiger charge is 2.51. The Balaban J connectivity index is 2.02. The van der Waals surface area contributed by atoms with Crippen LogP contribution in [0, 0.1) is 11.8 Å². The Hall–Kier alpha value is 0.200. The summed E-state index contributed by atoms with van der Waals surface area (Å²) in [6, 6.07) is 0. The molecule has 0 amide bonds. The number of alkyl halides is 1. The van der Waals surface area contributed by atoms with Crippen LogP contribution in [0.5, 0.6) is 0 Å². The van der Waals surface area contributed by atoms with Crippen molar-refractivity contribution in [2.45, 2.75) is 61.9 Å². The van der Waals surface area contributed by atoms with Gasteiger partial charge in [0.05, 0.1) is 0 Å². The van der Waals surface area contributed by atoms with Gasteiger partial charge < -0.3 is 4.74 Å². The van der Waals surface area contributed by atoms with Gasteiger partial charge in [-0.25, -0.2) is 0 Å². The predicted octanol–water partition coefficient (Wildman–Crippen LogP) is 3.71. The van der Waals surface area contributed by atoms with Gasteiger partial charge in [-0.1, -0.05) is 29.5 Å². The van der Waals surface area contributed by atoms with Crippen molar-refractivity contribution in [3.8, 4) is 0 Å². The van der Waals surface area contributed by atoms with Crippen LogP contribution in [0.4, 0.5) is 0 Å². The summed E-state index contributed by atoms with van der Waals surface area (Å²) < 4.78 is 5.48. The molecule has 0 radical (unpaired) electrons. The number of ether oxygens (including phenoxy) is 1. The van der Waals surface area contributed by atoms with Crippen molar-refractivity contribution >= 4 is 28.6 Å². The summed E-state index contributed by atoms with van der Waals surface area (Å²) in [4.78, 5) is 12.1. The molecule has 0 aromatic rings. The first kappa shape index (κ1) is 12.7. The van der Waals surface area contributed by atoms with E-state index in [9.17, 15) is 4.79 Å². The maximum absolute atomic E-state index is 12.1. The number of carbonyl (C=O) groups excluding carboxylic acids is 1. The molecule has 4 atom stereocenters. The zero-order valence-corrected chi connectivity index (χ0v) is 12.5. The number of hydrogen-bond donors (Lipinski definition) is 0. The summed E-state index contributed by atoms with van der Waals surface area (Å²) in [5.41, 5.74) is -0.165. The molecule has 0 aromatic carbocycles. The Morgan fingerprint density at radius 3 is 2.69 bits per heavy atom. The molecular formula is C13H21IO2.